The molecule has 134 valence electrons. The number of pyridine rings is 2. The van der Waals surface area contributed by atoms with Gasteiger partial charge in [0.05, 0.1) is 23.1 Å². The zero-order chi connectivity index (χ0) is 18.1. The van der Waals surface area contributed by atoms with Crippen LogP contribution in [0.2, 0.25) is 0 Å². The molecular weight excluding hydrogens is 346 g/mol. The molecule has 0 spiro atoms. The number of fused-ring (bicyclic) bond motifs is 1. The number of nitrogens with one attached hydrogen (secondary N) is 1. The lowest BCUT2D eigenvalue weighted by Gasteiger charge is -2.23. The molecular formula is C19H21N5OS. The van der Waals surface area contributed by atoms with Crippen molar-refractivity contribution in [2.24, 2.45) is 0 Å². The maximum atomic E-state index is 12.0. The van der Waals surface area contributed by atoms with Gasteiger partial charge in [0.1, 0.15) is 9.71 Å². The third-order valence-corrected chi connectivity index (χ3v) is 5.96. The van der Waals surface area contributed by atoms with E-state index < -0.39 is 0 Å². The van der Waals surface area contributed by atoms with Crippen LogP contribution < -0.4 is 11.1 Å². The van der Waals surface area contributed by atoms with Gasteiger partial charge in [-0.2, -0.15) is 0 Å². The van der Waals surface area contributed by atoms with Gasteiger partial charge < -0.3 is 11.1 Å². The Morgan fingerprint density at radius 1 is 1.38 bits per heavy atom. The van der Waals surface area contributed by atoms with E-state index in [1.807, 2.05) is 30.5 Å². The third kappa shape index (κ3) is 3.04. The standard InChI is InChI=1S/C19H21N5OS/c1-21-18(25)17-16(20)13-7-8-14(23-19(13)26-17)15-6-4-10-24(15)11-12-5-2-3-9-22-12/h2-3,5,7-9,15H,4,6,10-11,20H2,1H3,(H,21,25)/t15-/m1/s1. The lowest BCUT2D eigenvalue weighted by Crippen LogP contribution is -2.23. The van der Waals surface area contributed by atoms with Crippen molar-refractivity contribution < 1.29 is 4.79 Å². The van der Waals surface area contributed by atoms with Crippen molar-refractivity contribution in [1.29, 1.82) is 0 Å². The molecule has 0 radical (unpaired) electrons. The van der Waals surface area contributed by atoms with E-state index in [2.05, 4.69) is 21.3 Å². The van der Waals surface area contributed by atoms with Crippen molar-refractivity contribution in [3.63, 3.8) is 0 Å². The van der Waals surface area contributed by atoms with Crippen LogP contribution in [0.1, 0.15) is 39.9 Å². The Morgan fingerprint density at radius 2 is 2.27 bits per heavy atom. The second kappa shape index (κ2) is 7.01. The van der Waals surface area contributed by atoms with Crippen LogP contribution in [0, 0.1) is 0 Å². The van der Waals surface area contributed by atoms with Crippen LogP contribution >= 0.6 is 11.3 Å². The summed E-state index contributed by atoms with van der Waals surface area (Å²) in [4.78, 5) is 25.0. The highest BCUT2D eigenvalue weighted by molar-refractivity contribution is 7.21. The van der Waals surface area contributed by atoms with Gasteiger partial charge in [-0.05, 0) is 43.7 Å². The quantitative estimate of drug-likeness (QED) is 0.741. The molecule has 1 saturated heterocycles. The van der Waals surface area contributed by atoms with Crippen molar-refractivity contribution in [2.75, 3.05) is 19.3 Å². The number of aromatic nitrogens is 2. The first-order chi connectivity index (χ1) is 12.7. The molecule has 0 bridgehead atoms. The zero-order valence-corrected chi connectivity index (χ0v) is 15.4. The summed E-state index contributed by atoms with van der Waals surface area (Å²) >= 11 is 1.36. The van der Waals surface area contributed by atoms with E-state index in [4.69, 9.17) is 10.7 Å². The van der Waals surface area contributed by atoms with Gasteiger partial charge >= 0.3 is 0 Å². The summed E-state index contributed by atoms with van der Waals surface area (Å²) in [5.41, 5.74) is 8.76. The fourth-order valence-corrected chi connectivity index (χ4v) is 4.58. The van der Waals surface area contributed by atoms with Gasteiger partial charge in [-0.1, -0.05) is 6.07 Å². The van der Waals surface area contributed by atoms with E-state index in [0.717, 1.165) is 47.5 Å². The first kappa shape index (κ1) is 16.9. The van der Waals surface area contributed by atoms with Crippen molar-refractivity contribution in [1.82, 2.24) is 20.2 Å². The average molecular weight is 367 g/mol. The Bertz CT molecular complexity index is 940. The lowest BCUT2D eigenvalue weighted by atomic mass is 10.1. The topological polar surface area (TPSA) is 84.1 Å². The molecule has 1 atom stereocenters. The molecule has 4 rings (SSSR count). The van der Waals surface area contributed by atoms with Crippen molar-refractivity contribution in [3.8, 4) is 0 Å². The summed E-state index contributed by atoms with van der Waals surface area (Å²) in [6.45, 7) is 1.86. The Kier molecular flexibility index (Phi) is 4.57. The molecule has 3 N–H and O–H groups in total. The summed E-state index contributed by atoms with van der Waals surface area (Å²) in [6, 6.07) is 10.3. The fraction of sp³-hybridized carbons (Fsp3) is 0.316. The highest BCUT2D eigenvalue weighted by Gasteiger charge is 2.28. The normalized spacial score (nSPS) is 17.7. The maximum Gasteiger partial charge on any atom is 0.263 e. The molecule has 1 fully saturated rings. The molecule has 1 amide bonds. The van der Waals surface area contributed by atoms with Crippen LogP contribution in [0.4, 0.5) is 5.69 Å². The Hall–Kier alpha value is -2.51. The van der Waals surface area contributed by atoms with Crippen LogP contribution in [0.3, 0.4) is 0 Å². The minimum atomic E-state index is -0.162. The summed E-state index contributed by atoms with van der Waals surface area (Å²) in [5, 5.41) is 3.49. The molecule has 0 aliphatic carbocycles. The highest BCUT2D eigenvalue weighted by atomic mass is 32.1. The fourth-order valence-electron chi connectivity index (χ4n) is 3.53. The van der Waals surface area contributed by atoms with Gasteiger partial charge in [-0.25, -0.2) is 4.98 Å². The van der Waals surface area contributed by atoms with E-state index in [-0.39, 0.29) is 11.9 Å². The molecule has 3 aromatic heterocycles. The van der Waals surface area contributed by atoms with Gasteiger partial charge in [0.2, 0.25) is 0 Å². The molecule has 3 aromatic rings. The Balaban J connectivity index is 1.64. The second-order valence-corrected chi connectivity index (χ2v) is 7.46. The van der Waals surface area contributed by atoms with E-state index in [1.54, 1.807) is 7.05 Å². The molecule has 0 saturated carbocycles. The molecule has 1 aliphatic heterocycles. The number of anilines is 1. The SMILES string of the molecule is CNC(=O)c1sc2nc([C@H]3CCCN3Cc3ccccn3)ccc2c1N. The number of likely N-dealkylation sites (tertiary alicyclic amines) is 1. The lowest BCUT2D eigenvalue weighted by molar-refractivity contribution is 0.0968. The number of nitrogen functional groups attached to an aromatic ring is 1. The van der Waals surface area contributed by atoms with E-state index in [9.17, 15) is 4.79 Å². The van der Waals surface area contributed by atoms with Crippen molar-refractivity contribution >= 4 is 33.1 Å². The smallest absolute Gasteiger partial charge is 0.263 e. The van der Waals surface area contributed by atoms with Gasteiger partial charge in [0, 0.05) is 25.2 Å². The van der Waals surface area contributed by atoms with Crippen LogP contribution in [0.5, 0.6) is 0 Å². The summed E-state index contributed by atoms with van der Waals surface area (Å²) in [6.07, 6.45) is 4.06. The number of carbonyl (C=O) groups is 1. The van der Waals surface area contributed by atoms with E-state index >= 15 is 0 Å². The van der Waals surface area contributed by atoms with Gasteiger partial charge in [-0.3, -0.25) is 14.7 Å². The zero-order valence-electron chi connectivity index (χ0n) is 14.6. The van der Waals surface area contributed by atoms with E-state index in [0.29, 0.717) is 10.6 Å². The maximum absolute atomic E-state index is 12.0. The number of hydrogen-bond donors (Lipinski definition) is 2. The average Bonchev–Trinajstić information content (AvgIpc) is 3.26. The van der Waals surface area contributed by atoms with E-state index in [1.165, 1.54) is 11.3 Å². The van der Waals surface area contributed by atoms with Gasteiger partial charge in [-0.15, -0.1) is 11.3 Å². The summed E-state index contributed by atoms with van der Waals surface area (Å²) < 4.78 is 0. The predicted molar refractivity (Wildman–Crippen MR) is 104 cm³/mol. The number of carbonyl (C=O) groups excluding carboxylic acids is 1. The third-order valence-electron chi connectivity index (χ3n) is 4.84. The molecule has 4 heterocycles. The Labute approximate surface area is 156 Å². The summed E-state index contributed by atoms with van der Waals surface area (Å²) in [5.74, 6) is -0.162. The first-order valence-electron chi connectivity index (χ1n) is 8.72. The minimum Gasteiger partial charge on any atom is -0.397 e. The van der Waals surface area contributed by atoms with Crippen LogP contribution in [-0.2, 0) is 6.54 Å². The van der Waals surface area contributed by atoms with Gasteiger partial charge in [0.25, 0.3) is 5.91 Å². The monoisotopic (exact) mass is 367 g/mol. The largest absolute Gasteiger partial charge is 0.397 e. The van der Waals surface area contributed by atoms with Crippen molar-refractivity contribution in [3.05, 3.63) is 52.8 Å². The summed E-state index contributed by atoms with van der Waals surface area (Å²) in [7, 11) is 1.61. The molecule has 7 heteroatoms. The number of amides is 1. The Morgan fingerprint density at radius 3 is 3.04 bits per heavy atom. The van der Waals surface area contributed by atoms with Crippen LogP contribution in [0.25, 0.3) is 10.2 Å². The molecule has 0 aromatic carbocycles. The number of rotatable bonds is 4. The second-order valence-electron chi connectivity index (χ2n) is 6.46. The van der Waals surface area contributed by atoms with Crippen molar-refractivity contribution in [2.45, 2.75) is 25.4 Å². The number of thiophene rings is 1. The van der Waals surface area contributed by atoms with Crippen LogP contribution in [0.15, 0.2) is 36.5 Å². The highest BCUT2D eigenvalue weighted by Crippen LogP contribution is 2.36. The predicted octanol–water partition coefficient (Wildman–Crippen LogP) is 2.97. The molecule has 6 nitrogen and oxygen atoms in total. The first-order valence-corrected chi connectivity index (χ1v) is 9.54. The minimum absolute atomic E-state index is 0.162. The molecule has 1 aliphatic rings. The molecule has 0 unspecified atom stereocenters. The molecule has 26 heavy (non-hydrogen) atoms. The number of nitrogens with zero attached hydrogens (tertiary/aromatic N) is 3. The van der Waals surface area contributed by atoms with Gasteiger partial charge in [0.15, 0.2) is 0 Å². The number of nitrogens with two attached hydrogens (primary N) is 1. The van der Waals surface area contributed by atoms with Crippen LogP contribution in [-0.4, -0.2) is 34.4 Å². The number of hydrogen-bond acceptors (Lipinski definition) is 6.